The minimum absolute atomic E-state index is 0.133. The Morgan fingerprint density at radius 1 is 1.19 bits per heavy atom. The van der Waals surface area contributed by atoms with Crippen molar-refractivity contribution in [3.8, 4) is 16.9 Å². The van der Waals surface area contributed by atoms with Crippen LogP contribution < -0.4 is 10.2 Å². The van der Waals surface area contributed by atoms with E-state index in [1.54, 1.807) is 39.8 Å². The molecule has 0 amide bonds. The second kappa shape index (κ2) is 7.86. The second-order valence-corrected chi connectivity index (χ2v) is 7.60. The van der Waals surface area contributed by atoms with E-state index in [-0.39, 0.29) is 11.7 Å². The minimum Gasteiger partial charge on any atom is -0.428 e. The van der Waals surface area contributed by atoms with E-state index in [1.165, 1.54) is 12.3 Å². The SMILES string of the molecule is Cc1c(F)cncc1-c1ccc(OC(=O)OC(C)(C)C)c(=O)c(C(C)C)c1. The van der Waals surface area contributed by atoms with Crippen molar-refractivity contribution in [2.75, 3.05) is 0 Å². The van der Waals surface area contributed by atoms with E-state index in [0.29, 0.717) is 22.3 Å². The maximum absolute atomic E-state index is 13.9. The fourth-order valence-corrected chi connectivity index (χ4v) is 2.49. The van der Waals surface area contributed by atoms with Crippen molar-refractivity contribution in [2.45, 2.75) is 53.1 Å². The molecule has 2 rings (SSSR count). The molecule has 1 heterocycles. The Bertz CT molecular complexity index is 917. The summed E-state index contributed by atoms with van der Waals surface area (Å²) in [6, 6.07) is 4.69. The Hall–Kier alpha value is -2.76. The third-order valence-electron chi connectivity index (χ3n) is 3.88. The predicted molar refractivity (Wildman–Crippen MR) is 102 cm³/mol. The van der Waals surface area contributed by atoms with Crippen LogP contribution in [0.5, 0.6) is 5.75 Å². The van der Waals surface area contributed by atoms with Gasteiger partial charge in [-0.05, 0) is 56.9 Å². The number of hydrogen-bond acceptors (Lipinski definition) is 5. The van der Waals surface area contributed by atoms with Crippen LogP contribution in [-0.4, -0.2) is 16.7 Å². The number of halogens is 1. The Balaban J connectivity index is 2.57. The number of hydrogen-bond donors (Lipinski definition) is 0. The van der Waals surface area contributed by atoms with Gasteiger partial charge < -0.3 is 9.47 Å². The molecule has 0 aliphatic rings. The van der Waals surface area contributed by atoms with E-state index in [4.69, 9.17) is 9.47 Å². The molecule has 27 heavy (non-hydrogen) atoms. The molecule has 2 aromatic rings. The number of pyridine rings is 1. The highest BCUT2D eigenvalue weighted by Gasteiger charge is 2.20. The Morgan fingerprint density at radius 3 is 2.44 bits per heavy atom. The summed E-state index contributed by atoms with van der Waals surface area (Å²) in [6.07, 6.45) is 1.73. The first-order chi connectivity index (χ1) is 12.5. The van der Waals surface area contributed by atoms with E-state index in [9.17, 15) is 14.0 Å². The molecule has 0 fully saturated rings. The van der Waals surface area contributed by atoms with Gasteiger partial charge in [-0.3, -0.25) is 9.78 Å². The van der Waals surface area contributed by atoms with Gasteiger partial charge in [-0.1, -0.05) is 19.9 Å². The number of carbonyl (C=O) groups excluding carboxylic acids is 1. The minimum atomic E-state index is -0.953. The quantitative estimate of drug-likeness (QED) is 0.709. The first-order valence-electron chi connectivity index (χ1n) is 8.69. The van der Waals surface area contributed by atoms with E-state index in [1.807, 2.05) is 13.8 Å². The second-order valence-electron chi connectivity index (χ2n) is 7.60. The van der Waals surface area contributed by atoms with Crippen LogP contribution >= 0.6 is 0 Å². The highest BCUT2D eigenvalue weighted by molar-refractivity contribution is 5.68. The molecule has 0 saturated heterocycles. The van der Waals surface area contributed by atoms with Gasteiger partial charge in [-0.2, -0.15) is 0 Å². The number of ether oxygens (including phenoxy) is 2. The van der Waals surface area contributed by atoms with Crippen LogP contribution in [0, 0.1) is 12.7 Å². The highest BCUT2D eigenvalue weighted by atomic mass is 19.1. The van der Waals surface area contributed by atoms with Crippen LogP contribution in [0.4, 0.5) is 9.18 Å². The largest absolute Gasteiger partial charge is 0.514 e. The lowest BCUT2D eigenvalue weighted by Gasteiger charge is -2.18. The van der Waals surface area contributed by atoms with E-state index >= 15 is 0 Å². The predicted octanol–water partition coefficient (Wildman–Crippen LogP) is 4.99. The third kappa shape index (κ3) is 5.12. The first kappa shape index (κ1) is 20.6. The molecule has 144 valence electrons. The van der Waals surface area contributed by atoms with Crippen LogP contribution in [0.2, 0.25) is 0 Å². The van der Waals surface area contributed by atoms with Gasteiger partial charge in [0.15, 0.2) is 5.75 Å². The average molecular weight is 373 g/mol. The molecular weight excluding hydrogens is 349 g/mol. The Labute approximate surface area is 158 Å². The van der Waals surface area contributed by atoms with Crippen molar-refractivity contribution in [1.29, 1.82) is 0 Å². The number of rotatable bonds is 3. The van der Waals surface area contributed by atoms with Crippen molar-refractivity contribution in [2.24, 2.45) is 0 Å². The van der Waals surface area contributed by atoms with Crippen LogP contribution in [0.1, 0.15) is 51.7 Å². The summed E-state index contributed by atoms with van der Waals surface area (Å²) in [5.41, 5.74) is 0.886. The Kier molecular flexibility index (Phi) is 5.98. The van der Waals surface area contributed by atoms with Crippen molar-refractivity contribution in [3.63, 3.8) is 0 Å². The molecule has 0 N–H and O–H groups in total. The van der Waals surface area contributed by atoms with Gasteiger partial charge in [0.05, 0.1) is 6.20 Å². The maximum atomic E-state index is 13.9. The van der Waals surface area contributed by atoms with Crippen LogP contribution in [0.25, 0.3) is 11.1 Å². The lowest BCUT2D eigenvalue weighted by Crippen LogP contribution is -2.27. The lowest BCUT2D eigenvalue weighted by molar-refractivity contribution is 0.0204. The molecule has 0 aliphatic carbocycles. The summed E-state index contributed by atoms with van der Waals surface area (Å²) < 4.78 is 24.2. The van der Waals surface area contributed by atoms with E-state index in [0.717, 1.165) is 6.20 Å². The van der Waals surface area contributed by atoms with Gasteiger partial charge in [0, 0.05) is 17.3 Å². The first-order valence-corrected chi connectivity index (χ1v) is 8.69. The van der Waals surface area contributed by atoms with Gasteiger partial charge in [0.2, 0.25) is 5.43 Å². The fourth-order valence-electron chi connectivity index (χ4n) is 2.49. The van der Waals surface area contributed by atoms with Gasteiger partial charge in [0.25, 0.3) is 0 Å². The van der Waals surface area contributed by atoms with E-state index in [2.05, 4.69) is 4.98 Å². The summed E-state index contributed by atoms with van der Waals surface area (Å²) in [4.78, 5) is 28.7. The lowest BCUT2D eigenvalue weighted by atomic mass is 9.99. The molecule has 0 unspecified atom stereocenters. The average Bonchev–Trinajstić information content (AvgIpc) is 2.69. The van der Waals surface area contributed by atoms with Gasteiger partial charge in [-0.15, -0.1) is 0 Å². The molecule has 0 aliphatic heterocycles. The molecule has 6 heteroatoms. The summed E-state index contributed by atoms with van der Waals surface area (Å²) in [7, 11) is 0. The smallest absolute Gasteiger partial charge is 0.428 e. The molecule has 1 aromatic heterocycles. The van der Waals surface area contributed by atoms with Crippen molar-refractivity contribution in [3.05, 3.63) is 57.8 Å². The summed E-state index contributed by atoms with van der Waals surface area (Å²) in [6.45, 7) is 10.5. The van der Waals surface area contributed by atoms with Crippen LogP contribution in [0.15, 0.2) is 35.4 Å². The third-order valence-corrected chi connectivity index (χ3v) is 3.88. The summed E-state index contributed by atoms with van der Waals surface area (Å²) >= 11 is 0. The van der Waals surface area contributed by atoms with Gasteiger partial charge >= 0.3 is 6.16 Å². The van der Waals surface area contributed by atoms with Crippen molar-refractivity contribution >= 4 is 6.16 Å². The molecule has 5 nitrogen and oxygen atoms in total. The number of nitrogens with zero attached hydrogens (tertiary/aromatic N) is 1. The van der Waals surface area contributed by atoms with Gasteiger partial charge in [-0.25, -0.2) is 9.18 Å². The zero-order valence-electron chi connectivity index (χ0n) is 16.4. The molecule has 1 aromatic carbocycles. The number of carbonyl (C=O) groups is 1. The molecule has 0 spiro atoms. The molecule has 0 atom stereocenters. The standard InChI is InChI=1S/C21H24FNO4/c1-12(2)15-9-14(16-10-23-11-17(22)13(16)3)7-8-18(19(15)24)26-20(25)27-21(4,5)6/h7-12H,1-6H3. The fraction of sp³-hybridized carbons (Fsp3) is 0.381. The zero-order valence-corrected chi connectivity index (χ0v) is 16.4. The maximum Gasteiger partial charge on any atom is 0.514 e. The molecular formula is C21H24FNO4. The van der Waals surface area contributed by atoms with Gasteiger partial charge in [0.1, 0.15) is 11.4 Å². The Morgan fingerprint density at radius 2 is 1.85 bits per heavy atom. The molecule has 0 saturated carbocycles. The topological polar surface area (TPSA) is 65.5 Å². The number of aromatic nitrogens is 1. The zero-order chi connectivity index (χ0) is 20.4. The summed E-state index contributed by atoms with van der Waals surface area (Å²) in [5, 5.41) is 0. The van der Waals surface area contributed by atoms with Crippen LogP contribution in [0.3, 0.4) is 0 Å². The molecule has 0 bridgehead atoms. The molecule has 0 radical (unpaired) electrons. The van der Waals surface area contributed by atoms with E-state index < -0.39 is 23.0 Å². The monoisotopic (exact) mass is 373 g/mol. The van der Waals surface area contributed by atoms with Crippen molar-refractivity contribution in [1.82, 2.24) is 4.98 Å². The van der Waals surface area contributed by atoms with Crippen molar-refractivity contribution < 1.29 is 18.7 Å². The normalized spacial score (nSPS) is 11.4. The van der Waals surface area contributed by atoms with Crippen LogP contribution in [-0.2, 0) is 4.74 Å². The highest BCUT2D eigenvalue weighted by Crippen LogP contribution is 2.27. The summed E-state index contributed by atoms with van der Waals surface area (Å²) in [5.74, 6) is -0.703.